The van der Waals surface area contributed by atoms with Crippen molar-refractivity contribution in [2.24, 2.45) is 11.7 Å². The summed E-state index contributed by atoms with van der Waals surface area (Å²) in [7, 11) is 1.44. The molecule has 0 fully saturated rings. The van der Waals surface area contributed by atoms with E-state index in [-0.39, 0.29) is 18.2 Å². The van der Waals surface area contributed by atoms with Crippen molar-refractivity contribution in [1.29, 1.82) is 0 Å². The monoisotopic (exact) mass is 246 g/mol. The van der Waals surface area contributed by atoms with Crippen LogP contribution in [0, 0.1) is 5.92 Å². The van der Waals surface area contributed by atoms with Gasteiger partial charge in [-0.05, 0) is 12.8 Å². The van der Waals surface area contributed by atoms with E-state index in [4.69, 9.17) is 15.2 Å². The maximum absolute atomic E-state index is 11.6. The molecule has 0 bridgehead atoms. The summed E-state index contributed by atoms with van der Waals surface area (Å²) in [5.74, 6) is -0.989. The SMILES string of the molecule is COC(C)OC(CC(C)C)(NC(C)=O)C(N)=O. The Kier molecular flexibility index (Phi) is 6.12. The average Bonchev–Trinajstić information content (AvgIpc) is 2.14. The molecular weight excluding hydrogens is 224 g/mol. The van der Waals surface area contributed by atoms with Gasteiger partial charge in [-0.1, -0.05) is 13.8 Å². The van der Waals surface area contributed by atoms with Gasteiger partial charge in [0.25, 0.3) is 5.91 Å². The first-order chi connectivity index (χ1) is 7.73. The lowest BCUT2D eigenvalue weighted by molar-refractivity contribution is -0.209. The van der Waals surface area contributed by atoms with E-state index in [0.717, 1.165) is 0 Å². The summed E-state index contributed by atoms with van der Waals surface area (Å²) in [5, 5.41) is 2.47. The fraction of sp³-hybridized carbons (Fsp3) is 0.818. The molecule has 0 aliphatic rings. The van der Waals surface area contributed by atoms with Gasteiger partial charge in [-0.15, -0.1) is 0 Å². The first-order valence-corrected chi connectivity index (χ1v) is 5.52. The third-order valence-corrected chi connectivity index (χ3v) is 2.17. The molecule has 0 aliphatic heterocycles. The van der Waals surface area contributed by atoms with Crippen LogP contribution < -0.4 is 11.1 Å². The summed E-state index contributed by atoms with van der Waals surface area (Å²) >= 11 is 0. The third kappa shape index (κ3) is 5.14. The number of hydrogen-bond donors (Lipinski definition) is 2. The number of methoxy groups -OCH3 is 1. The van der Waals surface area contributed by atoms with Crippen LogP contribution in [0.2, 0.25) is 0 Å². The highest BCUT2D eigenvalue weighted by Gasteiger charge is 2.41. The molecule has 2 atom stereocenters. The van der Waals surface area contributed by atoms with Gasteiger partial charge in [0.2, 0.25) is 11.6 Å². The first-order valence-electron chi connectivity index (χ1n) is 5.52. The highest BCUT2D eigenvalue weighted by Crippen LogP contribution is 2.20. The van der Waals surface area contributed by atoms with Gasteiger partial charge in [0.1, 0.15) is 0 Å². The lowest BCUT2D eigenvalue weighted by Gasteiger charge is -2.34. The molecule has 6 heteroatoms. The quantitative estimate of drug-likeness (QED) is 0.634. The predicted molar refractivity (Wildman–Crippen MR) is 62.8 cm³/mol. The molecule has 0 aromatic heterocycles. The van der Waals surface area contributed by atoms with Crippen molar-refractivity contribution in [2.75, 3.05) is 7.11 Å². The van der Waals surface area contributed by atoms with E-state index in [2.05, 4.69) is 5.32 Å². The molecule has 0 saturated carbocycles. The van der Waals surface area contributed by atoms with Crippen LogP contribution in [0.4, 0.5) is 0 Å². The number of rotatable bonds is 7. The van der Waals surface area contributed by atoms with Gasteiger partial charge >= 0.3 is 0 Å². The van der Waals surface area contributed by atoms with E-state index < -0.39 is 17.9 Å². The Morgan fingerprint density at radius 2 is 1.88 bits per heavy atom. The van der Waals surface area contributed by atoms with Crippen LogP contribution in [0.25, 0.3) is 0 Å². The second kappa shape index (κ2) is 6.56. The second-order valence-corrected chi connectivity index (χ2v) is 4.39. The van der Waals surface area contributed by atoms with Gasteiger partial charge in [0, 0.05) is 20.5 Å². The number of hydrogen-bond acceptors (Lipinski definition) is 4. The average molecular weight is 246 g/mol. The lowest BCUT2D eigenvalue weighted by Crippen LogP contribution is -2.60. The minimum Gasteiger partial charge on any atom is -0.365 e. The molecule has 0 heterocycles. The minimum absolute atomic E-state index is 0.124. The normalized spacial score (nSPS) is 16.4. The molecule has 0 radical (unpaired) electrons. The zero-order valence-corrected chi connectivity index (χ0v) is 11.1. The molecule has 100 valence electrons. The molecule has 0 aliphatic carbocycles. The van der Waals surface area contributed by atoms with Crippen molar-refractivity contribution in [3.63, 3.8) is 0 Å². The Balaban J connectivity index is 5.08. The fourth-order valence-corrected chi connectivity index (χ4v) is 1.54. The van der Waals surface area contributed by atoms with Crippen LogP contribution in [0.1, 0.15) is 34.1 Å². The number of carbonyl (C=O) groups excluding carboxylic acids is 2. The highest BCUT2D eigenvalue weighted by atomic mass is 16.7. The number of nitrogens with two attached hydrogens (primary N) is 1. The Hall–Kier alpha value is -1.14. The molecule has 0 saturated heterocycles. The van der Waals surface area contributed by atoms with E-state index in [0.29, 0.717) is 0 Å². The third-order valence-electron chi connectivity index (χ3n) is 2.17. The van der Waals surface area contributed by atoms with Crippen LogP contribution in [-0.2, 0) is 19.1 Å². The van der Waals surface area contributed by atoms with Gasteiger partial charge in [-0.2, -0.15) is 0 Å². The predicted octanol–water partition coefficient (Wildman–Crippen LogP) is 0.359. The maximum Gasteiger partial charge on any atom is 0.270 e. The van der Waals surface area contributed by atoms with Crippen LogP contribution in [0.3, 0.4) is 0 Å². The molecule has 0 aromatic rings. The Morgan fingerprint density at radius 3 is 2.18 bits per heavy atom. The summed E-state index contributed by atoms with van der Waals surface area (Å²) in [4.78, 5) is 22.7. The van der Waals surface area contributed by atoms with Crippen LogP contribution in [0.15, 0.2) is 0 Å². The fourth-order valence-electron chi connectivity index (χ4n) is 1.54. The van der Waals surface area contributed by atoms with Crippen molar-refractivity contribution in [2.45, 2.75) is 46.1 Å². The number of carbonyl (C=O) groups is 2. The summed E-state index contributed by atoms with van der Waals surface area (Å²) in [6, 6.07) is 0. The zero-order chi connectivity index (χ0) is 13.6. The molecule has 0 aromatic carbocycles. The molecule has 0 spiro atoms. The highest BCUT2D eigenvalue weighted by molar-refractivity contribution is 5.88. The summed E-state index contributed by atoms with van der Waals surface area (Å²) in [6.07, 6.45) is -0.358. The number of ether oxygens (including phenoxy) is 2. The summed E-state index contributed by atoms with van der Waals surface area (Å²) in [6.45, 7) is 6.74. The molecule has 2 amide bonds. The van der Waals surface area contributed by atoms with Crippen LogP contribution in [0.5, 0.6) is 0 Å². The number of amides is 2. The van der Waals surface area contributed by atoms with E-state index in [1.54, 1.807) is 6.92 Å². The van der Waals surface area contributed by atoms with Crippen LogP contribution in [-0.4, -0.2) is 30.9 Å². The van der Waals surface area contributed by atoms with Gasteiger partial charge in [-0.3, -0.25) is 9.59 Å². The molecule has 2 unspecified atom stereocenters. The largest absolute Gasteiger partial charge is 0.365 e. The van der Waals surface area contributed by atoms with E-state index in [1.165, 1.54) is 14.0 Å². The summed E-state index contributed by atoms with van der Waals surface area (Å²) in [5.41, 5.74) is 3.82. The summed E-state index contributed by atoms with van der Waals surface area (Å²) < 4.78 is 10.4. The van der Waals surface area contributed by atoms with Crippen molar-refractivity contribution in [3.8, 4) is 0 Å². The van der Waals surface area contributed by atoms with Gasteiger partial charge < -0.3 is 20.5 Å². The van der Waals surface area contributed by atoms with Gasteiger partial charge in [-0.25, -0.2) is 0 Å². The molecule has 3 N–H and O–H groups in total. The zero-order valence-electron chi connectivity index (χ0n) is 11.1. The smallest absolute Gasteiger partial charge is 0.270 e. The van der Waals surface area contributed by atoms with Crippen LogP contribution >= 0.6 is 0 Å². The first kappa shape index (κ1) is 15.9. The minimum atomic E-state index is -1.52. The standard InChI is InChI=1S/C11H22N2O4/c1-7(2)6-11(10(12)15,13-8(3)14)17-9(4)16-5/h7,9H,6H2,1-5H3,(H2,12,15)(H,13,14). The molecule has 6 nitrogen and oxygen atoms in total. The van der Waals surface area contributed by atoms with Crippen molar-refractivity contribution < 1.29 is 19.1 Å². The second-order valence-electron chi connectivity index (χ2n) is 4.39. The Labute approximate surface area is 102 Å². The van der Waals surface area contributed by atoms with Crippen molar-refractivity contribution in [1.82, 2.24) is 5.32 Å². The van der Waals surface area contributed by atoms with E-state index in [9.17, 15) is 9.59 Å². The molecule has 0 rings (SSSR count). The number of nitrogens with one attached hydrogen (secondary N) is 1. The van der Waals surface area contributed by atoms with Crippen molar-refractivity contribution in [3.05, 3.63) is 0 Å². The molecule has 17 heavy (non-hydrogen) atoms. The Bertz CT molecular complexity index is 281. The van der Waals surface area contributed by atoms with Gasteiger partial charge in [0.05, 0.1) is 0 Å². The maximum atomic E-state index is 11.6. The lowest BCUT2D eigenvalue weighted by atomic mass is 9.99. The topological polar surface area (TPSA) is 90.7 Å². The van der Waals surface area contributed by atoms with Crippen molar-refractivity contribution >= 4 is 11.8 Å². The van der Waals surface area contributed by atoms with Gasteiger partial charge in [0.15, 0.2) is 6.29 Å². The van der Waals surface area contributed by atoms with E-state index in [1.807, 2.05) is 13.8 Å². The number of primary amides is 1. The Morgan fingerprint density at radius 1 is 1.35 bits per heavy atom. The molecular formula is C11H22N2O4. The van der Waals surface area contributed by atoms with E-state index >= 15 is 0 Å².